The van der Waals surface area contributed by atoms with Crippen molar-refractivity contribution in [3.8, 4) is 0 Å². The van der Waals surface area contributed by atoms with Crippen LogP contribution in [0.25, 0.3) is 0 Å². The Morgan fingerprint density at radius 1 is 1.08 bits per heavy atom. The van der Waals surface area contributed by atoms with Crippen molar-refractivity contribution in [1.29, 1.82) is 0 Å². The van der Waals surface area contributed by atoms with Gasteiger partial charge in [0.1, 0.15) is 17.6 Å². The smallest absolute Gasteiger partial charge is 0.308 e. The number of aryl methyl sites for hydroxylation is 1. The number of amides is 1. The number of Topliss-reactive ketones (excluding diaryl/α,β-unsaturated/α-hetero) is 1. The molecular formula is C28H33F2N3O4. The maximum Gasteiger partial charge on any atom is 0.308 e. The minimum Gasteiger partial charge on any atom is -0.481 e. The molecule has 1 aliphatic rings. The molecular weight excluding hydrogens is 480 g/mol. The highest BCUT2D eigenvalue weighted by Crippen LogP contribution is 2.31. The van der Waals surface area contributed by atoms with E-state index in [1.165, 1.54) is 6.92 Å². The van der Waals surface area contributed by atoms with E-state index in [9.17, 15) is 28.3 Å². The van der Waals surface area contributed by atoms with E-state index in [1.54, 1.807) is 6.92 Å². The lowest BCUT2D eigenvalue weighted by molar-refractivity contribution is -0.153. The van der Waals surface area contributed by atoms with Gasteiger partial charge in [-0.05, 0) is 55.5 Å². The molecule has 2 aromatic carbocycles. The molecule has 1 heterocycles. The molecule has 3 rings (SSSR count). The monoisotopic (exact) mass is 513 g/mol. The fourth-order valence-corrected chi connectivity index (χ4v) is 4.83. The molecule has 0 radical (unpaired) electrons. The molecule has 9 heteroatoms. The molecule has 0 saturated carbocycles. The summed E-state index contributed by atoms with van der Waals surface area (Å²) in [5.74, 6) is -8.03. The number of aliphatic carboxylic acids is 1. The van der Waals surface area contributed by atoms with E-state index in [0.29, 0.717) is 12.2 Å². The number of ketones is 1. The van der Waals surface area contributed by atoms with Gasteiger partial charge >= 0.3 is 5.97 Å². The zero-order chi connectivity index (χ0) is 27.3. The number of carboxylic acids is 1. The minimum atomic E-state index is -1.48. The van der Waals surface area contributed by atoms with Crippen LogP contribution < -0.4 is 16.4 Å². The Morgan fingerprint density at radius 3 is 2.35 bits per heavy atom. The van der Waals surface area contributed by atoms with Crippen LogP contribution in [0.5, 0.6) is 0 Å². The van der Waals surface area contributed by atoms with Gasteiger partial charge in [-0.15, -0.1) is 0 Å². The highest BCUT2D eigenvalue weighted by atomic mass is 19.1. The minimum absolute atomic E-state index is 0.0491. The first-order valence-corrected chi connectivity index (χ1v) is 12.3. The maximum atomic E-state index is 13.8. The van der Waals surface area contributed by atoms with E-state index in [2.05, 4.69) is 10.6 Å². The van der Waals surface area contributed by atoms with Crippen LogP contribution in [0.15, 0.2) is 53.7 Å². The number of allylic oxidation sites excluding steroid dienone is 2. The Morgan fingerprint density at radius 2 is 1.73 bits per heavy atom. The predicted octanol–water partition coefficient (Wildman–Crippen LogP) is 3.11. The fourth-order valence-electron chi connectivity index (χ4n) is 4.83. The second-order valence-corrected chi connectivity index (χ2v) is 9.56. The average Bonchev–Trinajstić information content (AvgIpc) is 2.83. The number of carboxylic acid groups (broad SMARTS) is 1. The first-order valence-electron chi connectivity index (χ1n) is 12.3. The number of carbonyl (C=O) groups is 3. The lowest BCUT2D eigenvalue weighted by atomic mass is 9.72. The average molecular weight is 514 g/mol. The maximum absolute atomic E-state index is 13.8. The van der Waals surface area contributed by atoms with Gasteiger partial charge in [-0.1, -0.05) is 31.2 Å². The topological polar surface area (TPSA) is 122 Å². The number of benzene rings is 2. The van der Waals surface area contributed by atoms with E-state index >= 15 is 0 Å². The molecule has 2 aromatic rings. The van der Waals surface area contributed by atoms with E-state index in [-0.39, 0.29) is 24.1 Å². The Balaban J connectivity index is 1.92. The summed E-state index contributed by atoms with van der Waals surface area (Å²) in [6.07, 6.45) is 0.810. The van der Waals surface area contributed by atoms with Crippen LogP contribution in [0.1, 0.15) is 37.5 Å². The summed E-state index contributed by atoms with van der Waals surface area (Å²) in [7, 11) is 0. The summed E-state index contributed by atoms with van der Waals surface area (Å²) >= 11 is 0. The van der Waals surface area contributed by atoms with Crippen molar-refractivity contribution in [3.05, 3.63) is 82.1 Å². The van der Waals surface area contributed by atoms with Crippen LogP contribution in [-0.4, -0.2) is 35.4 Å². The van der Waals surface area contributed by atoms with Crippen LogP contribution >= 0.6 is 0 Å². The molecule has 0 fully saturated rings. The first kappa shape index (κ1) is 28.1. The molecule has 0 aliphatic carbocycles. The Bertz CT molecular complexity index is 1190. The van der Waals surface area contributed by atoms with Gasteiger partial charge in [-0.25, -0.2) is 8.78 Å². The van der Waals surface area contributed by atoms with Crippen LogP contribution in [0.4, 0.5) is 8.78 Å². The lowest BCUT2D eigenvalue weighted by Gasteiger charge is -2.35. The van der Waals surface area contributed by atoms with E-state index in [0.717, 1.165) is 35.7 Å². The summed E-state index contributed by atoms with van der Waals surface area (Å²) < 4.78 is 27.6. The van der Waals surface area contributed by atoms with Gasteiger partial charge in [0.05, 0.1) is 5.92 Å². The Kier molecular flexibility index (Phi) is 9.29. The summed E-state index contributed by atoms with van der Waals surface area (Å²) in [5, 5.41) is 16.0. The number of hydrogen-bond acceptors (Lipinski definition) is 5. The number of carbonyl (C=O) groups excluding carboxylic acids is 2. The van der Waals surface area contributed by atoms with Gasteiger partial charge in [0.15, 0.2) is 5.78 Å². The number of rotatable bonds is 11. The summed E-state index contributed by atoms with van der Waals surface area (Å²) in [4.78, 5) is 38.5. The third-order valence-electron chi connectivity index (χ3n) is 6.97. The molecule has 0 spiro atoms. The quantitative estimate of drug-likeness (QED) is 0.343. The molecule has 3 unspecified atom stereocenters. The van der Waals surface area contributed by atoms with Gasteiger partial charge < -0.3 is 21.5 Å². The van der Waals surface area contributed by atoms with Crippen molar-refractivity contribution in [3.63, 3.8) is 0 Å². The molecule has 1 amide bonds. The van der Waals surface area contributed by atoms with Gasteiger partial charge in [0.2, 0.25) is 5.91 Å². The fraction of sp³-hybridized carbons (Fsp3) is 0.393. The second-order valence-electron chi connectivity index (χ2n) is 9.56. The molecule has 7 nitrogen and oxygen atoms in total. The Labute approximate surface area is 215 Å². The Hall–Kier alpha value is -3.43. The van der Waals surface area contributed by atoms with Crippen LogP contribution in [-0.2, 0) is 33.8 Å². The molecule has 0 saturated heterocycles. The van der Waals surface area contributed by atoms with E-state index < -0.39 is 53.1 Å². The van der Waals surface area contributed by atoms with Gasteiger partial charge in [0.25, 0.3) is 0 Å². The van der Waals surface area contributed by atoms with Crippen LogP contribution in [0.3, 0.4) is 0 Å². The zero-order valence-electron chi connectivity index (χ0n) is 21.2. The molecule has 0 aromatic heterocycles. The summed E-state index contributed by atoms with van der Waals surface area (Å²) in [5.41, 5.74) is 9.50. The predicted molar refractivity (Wildman–Crippen MR) is 135 cm³/mol. The highest BCUT2D eigenvalue weighted by Gasteiger charge is 2.47. The molecule has 37 heavy (non-hydrogen) atoms. The first-order chi connectivity index (χ1) is 17.5. The SMILES string of the molecule is CCc1cccc(CNCC(C(N)Cc2cc(F)cc(F)c2)[C@H](C(=O)O)C2C(=O)NC(C)=C(C)C2=O)c1. The second kappa shape index (κ2) is 12.2. The van der Waals surface area contributed by atoms with Crippen molar-refractivity contribution >= 4 is 17.7 Å². The molecule has 0 bridgehead atoms. The third-order valence-corrected chi connectivity index (χ3v) is 6.97. The van der Waals surface area contributed by atoms with Crippen molar-refractivity contribution in [2.24, 2.45) is 23.5 Å². The number of halogens is 2. The number of hydrogen-bond donors (Lipinski definition) is 4. The largest absolute Gasteiger partial charge is 0.481 e. The molecule has 5 N–H and O–H groups in total. The summed E-state index contributed by atoms with van der Waals surface area (Å²) in [6, 6.07) is 9.97. The van der Waals surface area contributed by atoms with E-state index in [4.69, 9.17) is 5.73 Å². The lowest BCUT2D eigenvalue weighted by Crippen LogP contribution is -2.54. The summed E-state index contributed by atoms with van der Waals surface area (Å²) in [6.45, 7) is 5.61. The van der Waals surface area contributed by atoms with E-state index in [1.807, 2.05) is 31.2 Å². The van der Waals surface area contributed by atoms with Crippen molar-refractivity contribution in [2.45, 2.75) is 46.2 Å². The molecule has 1 aliphatic heterocycles. The van der Waals surface area contributed by atoms with Crippen LogP contribution in [0.2, 0.25) is 0 Å². The van der Waals surface area contributed by atoms with Gasteiger partial charge in [-0.3, -0.25) is 14.4 Å². The molecule has 198 valence electrons. The molecule has 4 atom stereocenters. The van der Waals surface area contributed by atoms with Crippen molar-refractivity contribution < 1.29 is 28.3 Å². The standard InChI is InChI=1S/C28H33F2N3O4/c1-4-17-6-5-7-18(8-17)13-32-14-22(23(31)11-19-9-20(29)12-21(30)10-19)24(28(36)37)25-26(34)15(2)16(3)33-27(25)35/h5-10,12,22-25,32H,4,11,13-14,31H2,1-3H3,(H,33,35)(H,36,37)/t22?,23?,24-,25?/m0/s1. The van der Waals surface area contributed by atoms with Crippen molar-refractivity contribution in [1.82, 2.24) is 10.6 Å². The third kappa shape index (κ3) is 6.87. The highest BCUT2D eigenvalue weighted by molar-refractivity contribution is 6.14. The van der Waals surface area contributed by atoms with Gasteiger partial charge in [-0.2, -0.15) is 0 Å². The number of nitrogens with one attached hydrogen (secondary N) is 2. The number of nitrogens with two attached hydrogens (primary N) is 1. The zero-order valence-corrected chi connectivity index (χ0v) is 21.2. The van der Waals surface area contributed by atoms with Crippen LogP contribution in [0, 0.1) is 29.4 Å². The van der Waals surface area contributed by atoms with Crippen molar-refractivity contribution in [2.75, 3.05) is 6.54 Å². The van der Waals surface area contributed by atoms with Gasteiger partial charge in [0, 0.05) is 42.4 Å². The normalized spacial score (nSPS) is 18.4.